The fraction of sp³-hybridized carbons (Fsp3) is 0.318. The van der Waals surface area contributed by atoms with Gasteiger partial charge in [-0.25, -0.2) is 9.98 Å². The molecule has 3 rings (SSSR count). The van der Waals surface area contributed by atoms with Crippen molar-refractivity contribution >= 4 is 45.7 Å². The number of carbonyl (C=O) groups excluding carboxylic acids is 1. The molecular formula is C22H29N7OS. The molecule has 1 aliphatic rings. The second kappa shape index (κ2) is 10.1. The molecule has 0 spiro atoms. The van der Waals surface area contributed by atoms with E-state index in [9.17, 15) is 4.79 Å². The van der Waals surface area contributed by atoms with Crippen molar-refractivity contribution in [1.29, 1.82) is 0 Å². The highest BCUT2D eigenvalue weighted by molar-refractivity contribution is 7.16. The maximum Gasteiger partial charge on any atom is 0.219 e. The summed E-state index contributed by atoms with van der Waals surface area (Å²) < 4.78 is 0. The lowest BCUT2D eigenvalue weighted by molar-refractivity contribution is -0.129. The number of rotatable bonds is 7. The number of anilines is 3. The predicted molar refractivity (Wildman–Crippen MR) is 131 cm³/mol. The first kappa shape index (κ1) is 22.4. The van der Waals surface area contributed by atoms with E-state index in [2.05, 4.69) is 44.2 Å². The molecule has 2 aromatic rings. The largest absolute Gasteiger partial charge is 0.397 e. The van der Waals surface area contributed by atoms with E-state index in [-0.39, 0.29) is 5.91 Å². The summed E-state index contributed by atoms with van der Waals surface area (Å²) in [6.07, 6.45) is 3.38. The third-order valence-electron chi connectivity index (χ3n) is 5.00. The Kier molecular flexibility index (Phi) is 7.30. The van der Waals surface area contributed by atoms with Gasteiger partial charge in [0.1, 0.15) is 5.82 Å². The number of nitrogens with zero attached hydrogens (tertiary/aromatic N) is 4. The number of nitrogens with one attached hydrogen (secondary N) is 2. The fourth-order valence-electron chi connectivity index (χ4n) is 3.29. The molecular weight excluding hydrogens is 410 g/mol. The van der Waals surface area contributed by atoms with Gasteiger partial charge in [0.25, 0.3) is 0 Å². The molecule has 4 N–H and O–H groups in total. The smallest absolute Gasteiger partial charge is 0.219 e. The van der Waals surface area contributed by atoms with Gasteiger partial charge < -0.3 is 26.2 Å². The quantitative estimate of drug-likeness (QED) is 0.574. The zero-order valence-electron chi connectivity index (χ0n) is 18.2. The molecule has 0 saturated carbocycles. The number of hydrogen-bond acceptors (Lipinski definition) is 8. The van der Waals surface area contributed by atoms with E-state index >= 15 is 0 Å². The van der Waals surface area contributed by atoms with Gasteiger partial charge in [0.2, 0.25) is 5.91 Å². The average Bonchev–Trinajstić information content (AvgIpc) is 3.15. The molecule has 1 amide bonds. The number of hydrogen-bond donors (Lipinski definition) is 3. The van der Waals surface area contributed by atoms with Crippen LogP contribution in [-0.2, 0) is 4.79 Å². The maximum atomic E-state index is 11.5. The van der Waals surface area contributed by atoms with Crippen LogP contribution in [0.15, 0.2) is 47.7 Å². The number of aryl methyl sites for hydroxylation is 1. The molecule has 1 saturated heterocycles. The van der Waals surface area contributed by atoms with Crippen LogP contribution in [0, 0.1) is 6.92 Å². The summed E-state index contributed by atoms with van der Waals surface area (Å²) in [7, 11) is 1.83. The number of piperazine rings is 1. The fourth-order valence-corrected chi connectivity index (χ4v) is 4.15. The molecule has 0 aliphatic carbocycles. The molecule has 1 fully saturated rings. The number of allylic oxidation sites excluding steroid dienone is 1. The zero-order chi connectivity index (χ0) is 22.4. The van der Waals surface area contributed by atoms with Crippen LogP contribution in [0.3, 0.4) is 0 Å². The monoisotopic (exact) mass is 439 g/mol. The highest BCUT2D eigenvalue weighted by Gasteiger charge is 2.18. The Labute approximate surface area is 187 Å². The number of amides is 1. The number of carbonyl (C=O) groups is 1. The van der Waals surface area contributed by atoms with Crippen LogP contribution in [-0.4, -0.2) is 55.2 Å². The highest BCUT2D eigenvalue weighted by atomic mass is 32.1. The van der Waals surface area contributed by atoms with E-state index in [1.165, 1.54) is 11.3 Å². The second-order valence-electron chi connectivity index (χ2n) is 7.20. The molecule has 1 aliphatic heterocycles. The topological polar surface area (TPSA) is 98.9 Å². The van der Waals surface area contributed by atoms with Crippen LogP contribution in [0.2, 0.25) is 0 Å². The Hall–Kier alpha value is -3.33. The van der Waals surface area contributed by atoms with E-state index < -0.39 is 0 Å². The summed E-state index contributed by atoms with van der Waals surface area (Å²) in [6, 6.07) is 8.12. The lowest BCUT2D eigenvalue weighted by atomic mass is 10.2. The minimum absolute atomic E-state index is 0.139. The Morgan fingerprint density at radius 2 is 1.94 bits per heavy atom. The lowest BCUT2D eigenvalue weighted by Crippen LogP contribution is -2.48. The van der Waals surface area contributed by atoms with Gasteiger partial charge in [-0.3, -0.25) is 4.79 Å². The van der Waals surface area contributed by atoms with Crippen LogP contribution >= 0.6 is 11.3 Å². The van der Waals surface area contributed by atoms with Gasteiger partial charge in [-0.2, -0.15) is 0 Å². The van der Waals surface area contributed by atoms with E-state index in [1.54, 1.807) is 19.2 Å². The van der Waals surface area contributed by atoms with Gasteiger partial charge in [-0.15, -0.1) is 0 Å². The molecule has 0 bridgehead atoms. The van der Waals surface area contributed by atoms with Crippen molar-refractivity contribution in [2.45, 2.75) is 13.8 Å². The van der Waals surface area contributed by atoms with Crippen LogP contribution in [0.5, 0.6) is 0 Å². The van der Waals surface area contributed by atoms with Crippen LogP contribution in [0.1, 0.15) is 17.5 Å². The molecule has 31 heavy (non-hydrogen) atoms. The van der Waals surface area contributed by atoms with Crippen molar-refractivity contribution in [2.75, 3.05) is 48.8 Å². The van der Waals surface area contributed by atoms with Crippen LogP contribution in [0.4, 0.5) is 16.5 Å². The normalized spacial score (nSPS) is 14.7. The first-order valence-electron chi connectivity index (χ1n) is 10.1. The molecule has 0 unspecified atom stereocenters. The summed E-state index contributed by atoms with van der Waals surface area (Å²) in [4.78, 5) is 25.3. The zero-order valence-corrected chi connectivity index (χ0v) is 19.0. The SMILES string of the molecule is C=C(N=C/C=C(\N)c1sc(NC)nc1C)Nc1ccc(N2CCN(C(C)=O)CC2)cc1. The molecule has 1 aromatic heterocycles. The Balaban J connectivity index is 1.53. The van der Waals surface area contributed by atoms with E-state index in [0.29, 0.717) is 11.5 Å². The Morgan fingerprint density at radius 3 is 2.52 bits per heavy atom. The minimum Gasteiger partial charge on any atom is -0.397 e. The number of aliphatic imine (C=N–C) groups is 1. The third-order valence-corrected chi connectivity index (χ3v) is 6.23. The van der Waals surface area contributed by atoms with Crippen LogP contribution in [0.25, 0.3) is 5.70 Å². The van der Waals surface area contributed by atoms with Crippen molar-refractivity contribution in [3.05, 3.63) is 53.3 Å². The highest BCUT2D eigenvalue weighted by Crippen LogP contribution is 2.26. The van der Waals surface area contributed by atoms with Crippen molar-refractivity contribution in [3.8, 4) is 0 Å². The van der Waals surface area contributed by atoms with Crippen molar-refractivity contribution in [2.24, 2.45) is 10.7 Å². The van der Waals surface area contributed by atoms with E-state index in [0.717, 1.165) is 53.3 Å². The van der Waals surface area contributed by atoms with Crippen LogP contribution < -0.4 is 21.3 Å². The molecule has 2 heterocycles. The van der Waals surface area contributed by atoms with Crippen molar-refractivity contribution in [1.82, 2.24) is 9.88 Å². The second-order valence-corrected chi connectivity index (χ2v) is 8.19. The van der Waals surface area contributed by atoms with Crippen molar-refractivity contribution < 1.29 is 4.79 Å². The molecule has 0 atom stereocenters. The third kappa shape index (κ3) is 5.85. The minimum atomic E-state index is 0.139. The van der Waals surface area contributed by atoms with Gasteiger partial charge in [0.15, 0.2) is 5.13 Å². The maximum absolute atomic E-state index is 11.5. The summed E-state index contributed by atoms with van der Waals surface area (Å²) >= 11 is 1.50. The first-order valence-corrected chi connectivity index (χ1v) is 10.9. The van der Waals surface area contributed by atoms with Gasteiger partial charge in [0.05, 0.1) is 16.3 Å². The van der Waals surface area contributed by atoms with Gasteiger partial charge >= 0.3 is 0 Å². The number of thiazole rings is 1. The Bertz CT molecular complexity index is 986. The molecule has 9 heteroatoms. The summed E-state index contributed by atoms with van der Waals surface area (Å²) in [5.74, 6) is 0.656. The summed E-state index contributed by atoms with van der Waals surface area (Å²) in [5, 5.41) is 7.03. The number of nitrogens with two attached hydrogens (primary N) is 1. The number of benzene rings is 1. The summed E-state index contributed by atoms with van der Waals surface area (Å²) in [5.41, 5.74) is 9.69. The predicted octanol–water partition coefficient (Wildman–Crippen LogP) is 3.12. The molecule has 1 aromatic carbocycles. The number of aromatic nitrogens is 1. The van der Waals surface area contributed by atoms with Crippen molar-refractivity contribution in [3.63, 3.8) is 0 Å². The lowest BCUT2D eigenvalue weighted by Gasteiger charge is -2.35. The molecule has 8 nitrogen and oxygen atoms in total. The first-order chi connectivity index (χ1) is 14.9. The molecule has 0 radical (unpaired) electrons. The van der Waals surface area contributed by atoms with Gasteiger partial charge in [-0.05, 0) is 37.3 Å². The van der Waals surface area contributed by atoms with Gasteiger partial charge in [-0.1, -0.05) is 17.9 Å². The average molecular weight is 440 g/mol. The van der Waals surface area contributed by atoms with E-state index in [1.807, 2.05) is 31.0 Å². The van der Waals surface area contributed by atoms with Gasteiger partial charge in [0, 0.05) is 57.7 Å². The molecule has 164 valence electrons. The van der Waals surface area contributed by atoms with E-state index in [4.69, 9.17) is 5.73 Å². The Morgan fingerprint density at radius 1 is 1.26 bits per heavy atom. The standard InChI is InChI=1S/C22H29N7OS/c1-15-21(31-22(24-4)26-15)20(23)9-10-25-16(2)27-18-5-7-19(8-6-18)29-13-11-28(12-14-29)17(3)30/h5-10,27H,2,11-14,23H2,1,3-4H3,(H,24,26)/b20-9-,25-10?. The summed E-state index contributed by atoms with van der Waals surface area (Å²) in [6.45, 7) is 10.7.